The van der Waals surface area contributed by atoms with Crippen LogP contribution in [0.4, 0.5) is 0 Å². The van der Waals surface area contributed by atoms with E-state index in [2.05, 4.69) is 33.9 Å². The fourth-order valence-electron chi connectivity index (χ4n) is 5.90. The van der Waals surface area contributed by atoms with Crippen LogP contribution in [0.1, 0.15) is 51.4 Å². The van der Waals surface area contributed by atoms with E-state index in [-0.39, 0.29) is 0 Å². The monoisotopic (exact) mass is 385 g/mol. The summed E-state index contributed by atoms with van der Waals surface area (Å²) in [5.74, 6) is 3.37. The Labute approximate surface area is 172 Å². The lowest BCUT2D eigenvalue weighted by Gasteiger charge is -2.40. The van der Waals surface area contributed by atoms with Crippen molar-refractivity contribution in [2.24, 2.45) is 23.7 Å². The van der Waals surface area contributed by atoms with Crippen LogP contribution < -0.4 is 0 Å². The van der Waals surface area contributed by atoms with Crippen LogP contribution >= 0.6 is 0 Å². The van der Waals surface area contributed by atoms with E-state index in [9.17, 15) is 0 Å². The van der Waals surface area contributed by atoms with Gasteiger partial charge in [0, 0.05) is 6.54 Å². The molecule has 3 aliphatic heterocycles. The largest absolute Gasteiger partial charge is 0.306 e. The summed E-state index contributed by atoms with van der Waals surface area (Å²) in [7, 11) is 2.26. The van der Waals surface area contributed by atoms with E-state index < -0.39 is 0 Å². The normalized spacial score (nSPS) is 27.9. The highest BCUT2D eigenvalue weighted by molar-refractivity contribution is 4.87. The summed E-state index contributed by atoms with van der Waals surface area (Å²) in [5, 5.41) is 18.0. The molecule has 0 amide bonds. The van der Waals surface area contributed by atoms with Crippen molar-refractivity contribution in [1.82, 2.24) is 14.7 Å². The molecule has 3 rings (SSSR count). The van der Waals surface area contributed by atoms with Crippen molar-refractivity contribution < 1.29 is 0 Å². The third kappa shape index (κ3) is 6.45. The Morgan fingerprint density at radius 2 is 1.43 bits per heavy atom. The lowest BCUT2D eigenvalue weighted by Crippen LogP contribution is -2.40. The molecule has 0 bridgehead atoms. The third-order valence-corrected chi connectivity index (χ3v) is 7.60. The molecule has 0 saturated carbocycles. The van der Waals surface area contributed by atoms with Crippen LogP contribution in [0.25, 0.3) is 0 Å². The van der Waals surface area contributed by atoms with Crippen molar-refractivity contribution in [3.8, 4) is 12.1 Å². The van der Waals surface area contributed by atoms with Gasteiger partial charge in [0.05, 0.1) is 25.2 Å². The molecule has 28 heavy (non-hydrogen) atoms. The van der Waals surface area contributed by atoms with Gasteiger partial charge in [-0.3, -0.25) is 9.80 Å². The maximum atomic E-state index is 9.07. The number of nitrogens with zero attached hydrogens (tertiary/aromatic N) is 5. The van der Waals surface area contributed by atoms with E-state index in [1.807, 2.05) is 0 Å². The van der Waals surface area contributed by atoms with Gasteiger partial charge >= 0.3 is 0 Å². The van der Waals surface area contributed by atoms with Crippen molar-refractivity contribution in [2.45, 2.75) is 51.4 Å². The number of likely N-dealkylation sites (tertiary alicyclic amines) is 3. The highest BCUT2D eigenvalue weighted by Gasteiger charge is 2.32. The zero-order valence-electron chi connectivity index (χ0n) is 17.9. The highest BCUT2D eigenvalue weighted by Crippen LogP contribution is 2.38. The van der Waals surface area contributed by atoms with E-state index in [0.717, 1.165) is 49.9 Å². The Balaban J connectivity index is 1.56. The van der Waals surface area contributed by atoms with Crippen molar-refractivity contribution in [1.29, 1.82) is 10.5 Å². The maximum Gasteiger partial charge on any atom is 0.0866 e. The number of piperidine rings is 3. The molecule has 156 valence electrons. The Hall–Kier alpha value is -1.14. The van der Waals surface area contributed by atoms with Crippen LogP contribution in [0.3, 0.4) is 0 Å². The molecular weight excluding hydrogens is 346 g/mol. The number of nitriles is 2. The number of hydrogen-bond acceptors (Lipinski definition) is 5. The van der Waals surface area contributed by atoms with Gasteiger partial charge in [0.2, 0.25) is 0 Å². The maximum absolute atomic E-state index is 9.07. The van der Waals surface area contributed by atoms with Gasteiger partial charge in [0.1, 0.15) is 0 Å². The molecular formula is C23H39N5. The summed E-state index contributed by atoms with van der Waals surface area (Å²) in [6.07, 6.45) is 10.7. The van der Waals surface area contributed by atoms with Gasteiger partial charge in [-0.05, 0) is 115 Å². The molecule has 5 nitrogen and oxygen atoms in total. The first kappa shape index (κ1) is 21.6. The summed E-state index contributed by atoms with van der Waals surface area (Å²) < 4.78 is 0. The van der Waals surface area contributed by atoms with Crippen LogP contribution in [-0.4, -0.2) is 74.1 Å². The lowest BCUT2D eigenvalue weighted by atomic mass is 9.72. The predicted octanol–water partition coefficient (Wildman–Crippen LogP) is 3.20. The van der Waals surface area contributed by atoms with Crippen molar-refractivity contribution in [2.75, 3.05) is 59.4 Å². The quantitative estimate of drug-likeness (QED) is 0.630. The van der Waals surface area contributed by atoms with E-state index in [0.29, 0.717) is 13.1 Å². The van der Waals surface area contributed by atoms with Gasteiger partial charge < -0.3 is 4.90 Å². The van der Waals surface area contributed by atoms with E-state index in [1.54, 1.807) is 0 Å². The molecule has 0 aliphatic carbocycles. The summed E-state index contributed by atoms with van der Waals surface area (Å²) in [6.45, 7) is 8.18. The molecule has 5 heteroatoms. The second-order valence-corrected chi connectivity index (χ2v) is 9.65. The molecule has 0 spiro atoms. The Morgan fingerprint density at radius 1 is 0.786 bits per heavy atom. The standard InChI is InChI=1S/C23H39N5/c1-26-11-6-22(7-12-26)23(17-20-4-13-27(14-5-20)15-8-24)18-21-3-2-10-28(19-21)16-9-25/h20-23H,2-7,10-19H2,1H3. The molecule has 3 heterocycles. The fourth-order valence-corrected chi connectivity index (χ4v) is 5.90. The van der Waals surface area contributed by atoms with Gasteiger partial charge in [0.25, 0.3) is 0 Å². The zero-order chi connectivity index (χ0) is 19.8. The number of hydrogen-bond donors (Lipinski definition) is 0. The minimum Gasteiger partial charge on any atom is -0.306 e. The summed E-state index contributed by atoms with van der Waals surface area (Å²) >= 11 is 0. The third-order valence-electron chi connectivity index (χ3n) is 7.60. The Kier molecular flexibility index (Phi) is 8.59. The van der Waals surface area contributed by atoms with E-state index in [1.165, 1.54) is 64.5 Å². The predicted molar refractivity (Wildman–Crippen MR) is 112 cm³/mol. The second kappa shape index (κ2) is 11.1. The molecule has 0 radical (unpaired) electrons. The van der Waals surface area contributed by atoms with Gasteiger partial charge in [-0.1, -0.05) is 0 Å². The summed E-state index contributed by atoms with van der Waals surface area (Å²) in [6, 6.07) is 4.66. The minimum absolute atomic E-state index is 0.599. The molecule has 2 atom stereocenters. The van der Waals surface area contributed by atoms with Gasteiger partial charge in [-0.2, -0.15) is 10.5 Å². The van der Waals surface area contributed by atoms with E-state index in [4.69, 9.17) is 10.5 Å². The molecule has 3 aliphatic rings. The first-order valence-electron chi connectivity index (χ1n) is 11.5. The molecule has 0 N–H and O–H groups in total. The summed E-state index contributed by atoms with van der Waals surface area (Å²) in [4.78, 5) is 7.19. The minimum atomic E-state index is 0.599. The average Bonchev–Trinajstić information content (AvgIpc) is 2.70. The van der Waals surface area contributed by atoms with Crippen LogP contribution in [0.5, 0.6) is 0 Å². The lowest BCUT2D eigenvalue weighted by molar-refractivity contribution is 0.0944. The second-order valence-electron chi connectivity index (χ2n) is 9.65. The molecule has 2 unspecified atom stereocenters. The van der Waals surface area contributed by atoms with Gasteiger partial charge in [-0.15, -0.1) is 0 Å². The Bertz CT molecular complexity index is 534. The molecule has 3 saturated heterocycles. The molecule has 0 aromatic rings. The fraction of sp³-hybridized carbons (Fsp3) is 0.913. The molecule has 0 aromatic carbocycles. The van der Waals surface area contributed by atoms with Gasteiger partial charge in [-0.25, -0.2) is 0 Å². The summed E-state index contributed by atoms with van der Waals surface area (Å²) in [5.41, 5.74) is 0. The highest BCUT2D eigenvalue weighted by atomic mass is 15.1. The van der Waals surface area contributed by atoms with Crippen molar-refractivity contribution in [3.05, 3.63) is 0 Å². The first-order chi connectivity index (χ1) is 13.7. The molecule has 0 aromatic heterocycles. The Morgan fingerprint density at radius 3 is 2.11 bits per heavy atom. The first-order valence-corrected chi connectivity index (χ1v) is 11.5. The molecule has 3 fully saturated rings. The average molecular weight is 386 g/mol. The van der Waals surface area contributed by atoms with Crippen LogP contribution in [0, 0.1) is 46.3 Å². The van der Waals surface area contributed by atoms with Crippen molar-refractivity contribution in [3.63, 3.8) is 0 Å². The van der Waals surface area contributed by atoms with Crippen LogP contribution in [-0.2, 0) is 0 Å². The number of rotatable bonds is 7. The SMILES string of the molecule is CN1CCC(C(CC2CCN(CC#N)CC2)CC2CCCN(CC#N)C2)CC1. The van der Waals surface area contributed by atoms with E-state index >= 15 is 0 Å². The zero-order valence-corrected chi connectivity index (χ0v) is 17.9. The smallest absolute Gasteiger partial charge is 0.0866 e. The van der Waals surface area contributed by atoms with Crippen LogP contribution in [0.2, 0.25) is 0 Å². The van der Waals surface area contributed by atoms with Crippen molar-refractivity contribution >= 4 is 0 Å². The topological polar surface area (TPSA) is 57.3 Å². The van der Waals surface area contributed by atoms with Gasteiger partial charge in [0.15, 0.2) is 0 Å². The van der Waals surface area contributed by atoms with Crippen LogP contribution in [0.15, 0.2) is 0 Å².